The van der Waals surface area contributed by atoms with Crippen LogP contribution < -0.4 is 4.90 Å². The van der Waals surface area contributed by atoms with E-state index in [1.807, 2.05) is 31.6 Å². The van der Waals surface area contributed by atoms with Crippen molar-refractivity contribution in [2.45, 2.75) is 45.3 Å². The number of hydrogen-bond donors (Lipinski definition) is 0. The average molecular weight is 530 g/mol. The van der Waals surface area contributed by atoms with Gasteiger partial charge in [-0.2, -0.15) is 0 Å². The van der Waals surface area contributed by atoms with E-state index in [-0.39, 0.29) is 17.7 Å². The molecule has 1 saturated carbocycles. The number of ether oxygens (including phenoxy) is 1. The highest BCUT2D eigenvalue weighted by atomic mass is 79.9. The maximum absolute atomic E-state index is 13.9. The fourth-order valence-electron chi connectivity index (χ4n) is 3.29. The van der Waals surface area contributed by atoms with Gasteiger partial charge in [-0.1, -0.05) is 15.9 Å². The molecule has 1 aliphatic carbocycles. The van der Waals surface area contributed by atoms with E-state index < -0.39 is 11.4 Å². The topological polar surface area (TPSA) is 49.9 Å². The number of fused-ring (bicyclic) bond motifs is 1. The summed E-state index contributed by atoms with van der Waals surface area (Å²) in [6.07, 6.45) is 1.60. The molecule has 0 unspecified atom stereocenters. The number of halogens is 3. The Morgan fingerprint density at radius 1 is 1.38 bits per heavy atom. The largest absolute Gasteiger partial charge is 0.444 e. The van der Waals surface area contributed by atoms with E-state index >= 15 is 0 Å². The van der Waals surface area contributed by atoms with Gasteiger partial charge < -0.3 is 14.5 Å². The van der Waals surface area contributed by atoms with Crippen molar-refractivity contribution in [3.63, 3.8) is 0 Å². The zero-order chi connectivity index (χ0) is 21.3. The quantitative estimate of drug-likeness (QED) is 0.385. The molecule has 5 nitrogen and oxygen atoms in total. The molecule has 0 saturated heterocycles. The van der Waals surface area contributed by atoms with Crippen LogP contribution in [-0.4, -0.2) is 47.0 Å². The van der Waals surface area contributed by atoms with Crippen molar-refractivity contribution in [2.24, 2.45) is 0 Å². The molecule has 1 fully saturated rings. The number of allylic oxidation sites excluding steroid dienone is 3. The molecule has 156 valence electrons. The maximum atomic E-state index is 13.9. The molecule has 0 bridgehead atoms. The highest BCUT2D eigenvalue weighted by molar-refractivity contribution is 9.12. The van der Waals surface area contributed by atoms with E-state index in [1.54, 1.807) is 11.0 Å². The molecule has 1 aliphatic heterocycles. The number of amides is 1. The van der Waals surface area contributed by atoms with Crippen LogP contribution in [0.15, 0.2) is 28.4 Å². The first kappa shape index (κ1) is 22.1. The van der Waals surface area contributed by atoms with Gasteiger partial charge in [0, 0.05) is 41.4 Å². The summed E-state index contributed by atoms with van der Waals surface area (Å²) in [5.41, 5.74) is 1.74. The number of rotatable bonds is 5. The predicted octanol–water partition coefficient (Wildman–Crippen LogP) is 5.26. The summed E-state index contributed by atoms with van der Waals surface area (Å²) in [6.45, 7) is 6.48. The Morgan fingerprint density at radius 3 is 2.62 bits per heavy atom. The molecule has 0 N–H and O–H groups in total. The minimum absolute atomic E-state index is 0.188. The van der Waals surface area contributed by atoms with Gasteiger partial charge in [0.05, 0.1) is 10.1 Å². The summed E-state index contributed by atoms with van der Waals surface area (Å²) >= 11 is 6.95. The van der Waals surface area contributed by atoms with Crippen molar-refractivity contribution in [3.8, 4) is 0 Å². The third-order valence-corrected chi connectivity index (χ3v) is 6.11. The van der Waals surface area contributed by atoms with E-state index in [1.165, 1.54) is 12.1 Å². The lowest BCUT2D eigenvalue weighted by Crippen LogP contribution is -2.43. The van der Waals surface area contributed by atoms with Gasteiger partial charge in [-0.05, 0) is 67.7 Å². The lowest BCUT2D eigenvalue weighted by molar-refractivity contribution is 0.0239. The summed E-state index contributed by atoms with van der Waals surface area (Å²) in [5.74, 6) is 1.50. The van der Waals surface area contributed by atoms with Crippen LogP contribution in [0, 0.1) is 5.82 Å². The molecule has 2 aliphatic rings. The molecule has 8 heteroatoms. The van der Waals surface area contributed by atoms with Gasteiger partial charge in [-0.3, -0.25) is 0 Å². The van der Waals surface area contributed by atoms with Crippen molar-refractivity contribution < 1.29 is 18.7 Å². The van der Waals surface area contributed by atoms with E-state index in [0.29, 0.717) is 34.2 Å². The predicted molar refractivity (Wildman–Crippen MR) is 119 cm³/mol. The van der Waals surface area contributed by atoms with Gasteiger partial charge in [0.2, 0.25) is 0 Å². The first-order valence-electron chi connectivity index (χ1n) is 9.43. The van der Waals surface area contributed by atoms with Gasteiger partial charge in [0.15, 0.2) is 0 Å². The van der Waals surface area contributed by atoms with Gasteiger partial charge in [-0.15, -0.1) is 0 Å². The highest BCUT2D eigenvalue weighted by Gasteiger charge is 2.36. The van der Waals surface area contributed by atoms with E-state index in [0.717, 1.165) is 18.5 Å². The summed E-state index contributed by atoms with van der Waals surface area (Å²) in [7, 11) is 0. The molecule has 0 spiro atoms. The molecule has 3 rings (SSSR count). The van der Waals surface area contributed by atoms with Crippen LogP contribution in [0.3, 0.4) is 0 Å². The number of hydrogen-bond acceptors (Lipinski definition) is 4. The smallest absolute Gasteiger partial charge is 0.410 e. The molecular formula is C21H23Br2FN2O3. The lowest BCUT2D eigenvalue weighted by Gasteiger charge is -2.36. The second kappa shape index (κ2) is 8.62. The first-order chi connectivity index (χ1) is 13.7. The third kappa shape index (κ3) is 4.93. The molecule has 0 atom stereocenters. The molecule has 1 amide bonds. The van der Waals surface area contributed by atoms with Crippen LogP contribution in [0.25, 0.3) is 5.57 Å². The fraction of sp³-hybridized carbons (Fsp3) is 0.476. The molecular weight excluding hydrogens is 507 g/mol. The Hall–Kier alpha value is -1.63. The van der Waals surface area contributed by atoms with Gasteiger partial charge in [0.1, 0.15) is 17.4 Å². The number of nitrogens with zero attached hydrogens (tertiary/aromatic N) is 2. The average Bonchev–Trinajstić information content (AvgIpc) is 3.45. The number of carbonyl (C=O) groups excluding carboxylic acids is 2. The minimum atomic E-state index is -0.562. The van der Waals surface area contributed by atoms with Crippen LogP contribution in [0.5, 0.6) is 0 Å². The number of anilines is 1. The first-order valence-corrected chi connectivity index (χ1v) is 11.3. The zero-order valence-electron chi connectivity index (χ0n) is 16.6. The lowest BCUT2D eigenvalue weighted by atomic mass is 9.98. The van der Waals surface area contributed by atoms with Crippen LogP contribution in [0.1, 0.15) is 39.2 Å². The Balaban J connectivity index is 1.89. The Labute approximate surface area is 186 Å². The Kier molecular flexibility index (Phi) is 6.56. The van der Waals surface area contributed by atoms with E-state index in [9.17, 15) is 14.0 Å². The van der Waals surface area contributed by atoms with Crippen molar-refractivity contribution >= 4 is 55.2 Å². The summed E-state index contributed by atoms with van der Waals surface area (Å²) in [4.78, 5) is 28.0. The van der Waals surface area contributed by atoms with Gasteiger partial charge in [0.25, 0.3) is 0 Å². The summed E-state index contributed by atoms with van der Waals surface area (Å²) in [5, 5.41) is 0.478. The standard InChI is InChI=1S/C21H23Br2FN2O3/c1-21(2,3)29-20(28)25(14-5-6-14)8-9-26-17-7-4-13(24)10-15(17)16(12-27)19(23)18(26)11-22/h4,7,10,14H,5-6,8-9,11H2,1-3H3. The van der Waals surface area contributed by atoms with Crippen LogP contribution in [0.4, 0.5) is 14.9 Å². The molecule has 1 heterocycles. The Morgan fingerprint density at radius 2 is 2.07 bits per heavy atom. The molecule has 0 radical (unpaired) electrons. The van der Waals surface area contributed by atoms with Crippen molar-refractivity contribution in [3.05, 3.63) is 39.8 Å². The van der Waals surface area contributed by atoms with E-state index in [4.69, 9.17) is 4.74 Å². The van der Waals surface area contributed by atoms with Crippen molar-refractivity contribution in [1.82, 2.24) is 4.90 Å². The SMILES string of the molecule is CC(C)(C)OC(=O)N(CCN1C(CBr)=C(Br)C(=C=O)c2cc(F)ccc21)C1CC1. The fourth-order valence-corrected chi connectivity index (χ4v) is 4.90. The normalized spacial score (nSPS) is 16.5. The maximum Gasteiger partial charge on any atom is 0.410 e. The van der Waals surface area contributed by atoms with E-state index in [2.05, 4.69) is 31.9 Å². The van der Waals surface area contributed by atoms with Crippen LogP contribution in [0.2, 0.25) is 0 Å². The highest BCUT2D eigenvalue weighted by Crippen LogP contribution is 2.42. The molecule has 29 heavy (non-hydrogen) atoms. The van der Waals surface area contributed by atoms with Crippen LogP contribution >= 0.6 is 31.9 Å². The van der Waals surface area contributed by atoms with Gasteiger partial charge >= 0.3 is 6.09 Å². The molecule has 1 aromatic rings. The summed E-state index contributed by atoms with van der Waals surface area (Å²) in [6, 6.07) is 4.54. The second-order valence-corrected chi connectivity index (χ2v) is 9.44. The molecule has 1 aromatic carbocycles. The van der Waals surface area contributed by atoms with Crippen LogP contribution in [-0.2, 0) is 9.53 Å². The minimum Gasteiger partial charge on any atom is -0.444 e. The monoisotopic (exact) mass is 528 g/mol. The number of carbonyl (C=O) groups is 1. The summed E-state index contributed by atoms with van der Waals surface area (Å²) < 4.78 is 20.0. The zero-order valence-corrected chi connectivity index (χ0v) is 19.8. The second-order valence-electron chi connectivity index (χ2n) is 8.09. The van der Waals surface area contributed by atoms with Gasteiger partial charge in [-0.25, -0.2) is 14.0 Å². The Bertz CT molecular complexity index is 900. The van der Waals surface area contributed by atoms with Crippen molar-refractivity contribution in [1.29, 1.82) is 0 Å². The number of alkyl halides is 1. The van der Waals surface area contributed by atoms with Crippen molar-refractivity contribution in [2.75, 3.05) is 23.3 Å². The third-order valence-electron chi connectivity index (χ3n) is 4.73. The molecule has 0 aromatic heterocycles. The number of benzene rings is 1.